The van der Waals surface area contributed by atoms with Crippen molar-refractivity contribution in [2.24, 2.45) is 0 Å². The average molecular weight is 786 g/mol. The second-order valence-corrected chi connectivity index (χ2v) is 15.4. The Bertz CT molecular complexity index is 2040. The summed E-state index contributed by atoms with van der Waals surface area (Å²) in [7, 11) is 1.28. The van der Waals surface area contributed by atoms with Crippen molar-refractivity contribution in [3.63, 3.8) is 0 Å². The number of hydrogen-bond donors (Lipinski definition) is 3. The number of hydrogen-bond acceptors (Lipinski definition) is 8. The van der Waals surface area contributed by atoms with Gasteiger partial charge in [-0.05, 0) is 62.1 Å². The monoisotopic (exact) mass is 785 g/mol. The van der Waals surface area contributed by atoms with Crippen LogP contribution in [0.15, 0.2) is 140 Å². The molecule has 0 saturated carbocycles. The molecule has 0 radical (unpaired) electrons. The van der Waals surface area contributed by atoms with Crippen LogP contribution in [0.25, 0.3) is 0 Å². The van der Waals surface area contributed by atoms with Crippen molar-refractivity contribution < 1.29 is 33.4 Å². The van der Waals surface area contributed by atoms with Crippen LogP contribution in [0.3, 0.4) is 0 Å². The fourth-order valence-electron chi connectivity index (χ4n) is 6.21. The summed E-state index contributed by atoms with van der Waals surface area (Å²) in [6, 6.07) is 42.1. The molecule has 0 spiro atoms. The van der Waals surface area contributed by atoms with Crippen molar-refractivity contribution in [2.75, 3.05) is 23.5 Å². The maximum absolute atomic E-state index is 14.4. The molecule has 10 nitrogen and oxygen atoms in total. The Balaban J connectivity index is 1.49. The van der Waals surface area contributed by atoms with E-state index in [0.717, 1.165) is 16.7 Å². The van der Waals surface area contributed by atoms with Crippen molar-refractivity contribution in [1.29, 1.82) is 0 Å². The molecule has 0 unspecified atom stereocenters. The van der Waals surface area contributed by atoms with Crippen LogP contribution in [0.1, 0.15) is 72.6 Å². The van der Waals surface area contributed by atoms with Gasteiger partial charge in [-0.15, -0.1) is 11.8 Å². The van der Waals surface area contributed by atoms with Crippen molar-refractivity contribution in [1.82, 2.24) is 5.32 Å². The van der Waals surface area contributed by atoms with Gasteiger partial charge in [0, 0.05) is 35.4 Å². The van der Waals surface area contributed by atoms with E-state index in [1.54, 1.807) is 63.2 Å². The van der Waals surface area contributed by atoms with Gasteiger partial charge >= 0.3 is 12.1 Å². The minimum absolute atomic E-state index is 0.0265. The molecule has 0 bridgehead atoms. The second-order valence-electron chi connectivity index (χ2n) is 14.2. The lowest BCUT2D eigenvalue weighted by Crippen LogP contribution is -2.48. The van der Waals surface area contributed by atoms with Crippen LogP contribution in [0.4, 0.5) is 16.2 Å². The van der Waals surface area contributed by atoms with Gasteiger partial charge in [-0.2, -0.15) is 0 Å². The Kier molecular flexibility index (Phi) is 14.4. The first-order valence-corrected chi connectivity index (χ1v) is 19.6. The number of benzene rings is 5. The highest BCUT2D eigenvalue weighted by Gasteiger charge is 2.39. The van der Waals surface area contributed by atoms with Crippen molar-refractivity contribution in [3.8, 4) is 0 Å². The SMILES string of the molecule is COC(=O)CCCC(=O)Nc1ccc(NC(=O)[C@H](CSC(c2ccccc2)(c2ccccc2)c2ccccc2)NC(=O)OC(C)(C)C)cc1C(=O)c1ccccc1. The van der Waals surface area contributed by atoms with Crippen LogP contribution < -0.4 is 16.0 Å². The minimum Gasteiger partial charge on any atom is -0.469 e. The highest BCUT2D eigenvalue weighted by atomic mass is 32.2. The number of ketones is 1. The number of carbonyl (C=O) groups excluding carboxylic acids is 5. The Labute approximate surface area is 337 Å². The molecule has 3 N–H and O–H groups in total. The Morgan fingerprint density at radius 1 is 0.667 bits per heavy atom. The third kappa shape index (κ3) is 11.4. The molecule has 0 saturated heterocycles. The molecule has 5 aromatic rings. The lowest BCUT2D eigenvalue weighted by Gasteiger charge is -2.36. The van der Waals surface area contributed by atoms with Crippen molar-refractivity contribution in [2.45, 2.75) is 56.4 Å². The van der Waals surface area contributed by atoms with Crippen LogP contribution in [0.5, 0.6) is 0 Å². The summed E-state index contributed by atoms with van der Waals surface area (Å²) in [6.07, 6.45) is -0.402. The summed E-state index contributed by atoms with van der Waals surface area (Å²) in [4.78, 5) is 66.0. The van der Waals surface area contributed by atoms with Gasteiger partial charge in [0.25, 0.3) is 0 Å². The topological polar surface area (TPSA) is 140 Å². The Hall–Kier alpha value is -6.20. The van der Waals surface area contributed by atoms with E-state index in [2.05, 4.69) is 20.7 Å². The number of alkyl carbamates (subject to hydrolysis) is 1. The first-order valence-electron chi connectivity index (χ1n) is 18.6. The molecule has 0 aliphatic heterocycles. The molecule has 5 aromatic carbocycles. The van der Waals surface area contributed by atoms with Crippen LogP contribution >= 0.6 is 11.8 Å². The second kappa shape index (κ2) is 19.6. The van der Waals surface area contributed by atoms with E-state index in [4.69, 9.17) is 4.74 Å². The van der Waals surface area contributed by atoms with Gasteiger partial charge < -0.3 is 25.4 Å². The zero-order valence-corrected chi connectivity index (χ0v) is 33.3. The molecule has 0 aromatic heterocycles. The number of methoxy groups -OCH3 is 1. The third-order valence-corrected chi connectivity index (χ3v) is 10.5. The van der Waals surface area contributed by atoms with Crippen LogP contribution in [-0.2, 0) is 28.6 Å². The molecule has 0 fully saturated rings. The number of amides is 3. The van der Waals surface area contributed by atoms with Gasteiger partial charge in [0.2, 0.25) is 11.8 Å². The van der Waals surface area contributed by atoms with Gasteiger partial charge in [-0.25, -0.2) is 4.79 Å². The van der Waals surface area contributed by atoms with Crippen LogP contribution in [0.2, 0.25) is 0 Å². The zero-order valence-electron chi connectivity index (χ0n) is 32.5. The lowest BCUT2D eigenvalue weighted by atomic mass is 9.84. The number of esters is 1. The smallest absolute Gasteiger partial charge is 0.408 e. The largest absolute Gasteiger partial charge is 0.469 e. The third-order valence-electron chi connectivity index (χ3n) is 8.87. The van der Waals surface area contributed by atoms with E-state index in [1.807, 2.05) is 91.0 Å². The van der Waals surface area contributed by atoms with Gasteiger partial charge in [-0.3, -0.25) is 19.2 Å². The fourth-order valence-corrected chi connectivity index (χ4v) is 7.77. The van der Waals surface area contributed by atoms with E-state index in [9.17, 15) is 24.0 Å². The first kappa shape index (κ1) is 42.0. The fraction of sp³-hybridized carbons (Fsp3) is 0.239. The molecule has 1 atom stereocenters. The number of anilines is 2. The highest BCUT2D eigenvalue weighted by molar-refractivity contribution is 8.00. The maximum atomic E-state index is 14.4. The number of carbonyl (C=O) groups is 5. The zero-order chi connectivity index (χ0) is 40.8. The molecule has 57 heavy (non-hydrogen) atoms. The van der Waals surface area contributed by atoms with Gasteiger partial charge in [0.15, 0.2) is 5.78 Å². The summed E-state index contributed by atoms with van der Waals surface area (Å²) < 4.78 is 9.48. The maximum Gasteiger partial charge on any atom is 0.408 e. The summed E-state index contributed by atoms with van der Waals surface area (Å²) in [6.45, 7) is 5.23. The molecule has 0 aliphatic rings. The number of rotatable bonds is 16. The summed E-state index contributed by atoms with van der Waals surface area (Å²) in [5.41, 5.74) is 3.14. The van der Waals surface area contributed by atoms with E-state index >= 15 is 0 Å². The Morgan fingerprint density at radius 2 is 1.19 bits per heavy atom. The summed E-state index contributed by atoms with van der Waals surface area (Å²) in [5, 5.41) is 8.50. The van der Waals surface area contributed by atoms with E-state index in [1.165, 1.54) is 24.9 Å². The van der Waals surface area contributed by atoms with Crippen LogP contribution in [0, 0.1) is 0 Å². The summed E-state index contributed by atoms with van der Waals surface area (Å²) >= 11 is 1.50. The molecule has 0 heterocycles. The molecule has 5 rings (SSSR count). The number of ether oxygens (including phenoxy) is 2. The molecule has 0 aliphatic carbocycles. The van der Waals surface area contributed by atoms with Gasteiger partial charge in [-0.1, -0.05) is 121 Å². The predicted octanol–water partition coefficient (Wildman–Crippen LogP) is 8.76. The molecule has 3 amide bonds. The van der Waals surface area contributed by atoms with E-state index < -0.39 is 40.3 Å². The normalized spacial score (nSPS) is 11.8. The van der Waals surface area contributed by atoms with Gasteiger partial charge in [0.05, 0.1) is 17.5 Å². The van der Waals surface area contributed by atoms with E-state index in [0.29, 0.717) is 5.56 Å². The molecular weight excluding hydrogens is 739 g/mol. The van der Waals surface area contributed by atoms with Gasteiger partial charge in [0.1, 0.15) is 11.6 Å². The van der Waals surface area contributed by atoms with Crippen LogP contribution in [-0.4, -0.2) is 54.2 Å². The van der Waals surface area contributed by atoms with Crippen molar-refractivity contribution >= 4 is 52.8 Å². The molecule has 11 heteroatoms. The average Bonchev–Trinajstić information content (AvgIpc) is 3.21. The molecule has 294 valence electrons. The lowest BCUT2D eigenvalue weighted by molar-refractivity contribution is -0.140. The van der Waals surface area contributed by atoms with E-state index in [-0.39, 0.29) is 47.7 Å². The Morgan fingerprint density at radius 3 is 1.70 bits per heavy atom. The minimum atomic E-state index is -1.11. The summed E-state index contributed by atoms with van der Waals surface area (Å²) in [5.74, 6) is -1.64. The van der Waals surface area contributed by atoms with Crippen molar-refractivity contribution in [3.05, 3.63) is 167 Å². The number of nitrogens with one attached hydrogen (secondary N) is 3. The highest BCUT2D eigenvalue weighted by Crippen LogP contribution is 2.48. The predicted molar refractivity (Wildman–Crippen MR) is 224 cm³/mol. The molecular formula is C46H47N3O7S. The number of thioether (sulfide) groups is 1. The quantitative estimate of drug-likeness (QED) is 0.0513. The first-order chi connectivity index (χ1) is 27.4. The standard InChI is InChI=1S/C46H47N3O7S/c1-45(2,3)56-44(54)49-39(31-57-46(33-20-11-6-12-21-33,34-22-13-7-14-23-34)35-24-15-8-16-25-35)43(53)47-36-28-29-38(48-40(50)26-17-27-41(51)55-4)37(30-36)42(52)32-18-9-5-10-19-32/h5-16,18-25,28-30,39H,17,26-27,31H2,1-4H3,(H,47,53)(H,48,50)(H,49,54)/t39-/m0/s1.